The van der Waals surface area contributed by atoms with Gasteiger partial charge in [0.05, 0.1) is 16.8 Å². The van der Waals surface area contributed by atoms with Crippen LogP contribution in [0.15, 0.2) is 39.6 Å². The third-order valence-corrected chi connectivity index (χ3v) is 6.50. The smallest absolute Gasteiger partial charge is 0.335 e. The number of hydrogen-bond donors (Lipinski definition) is 0. The van der Waals surface area contributed by atoms with Crippen molar-refractivity contribution in [1.82, 2.24) is 0 Å². The number of esters is 1. The number of hydrogen-bond acceptors (Lipinski definition) is 4. The molecule has 0 spiro atoms. The second-order valence-corrected chi connectivity index (χ2v) is 7.68. The number of rotatable bonds is 3. The van der Waals surface area contributed by atoms with Crippen molar-refractivity contribution in [2.45, 2.75) is 9.05 Å². The van der Waals surface area contributed by atoms with Crippen LogP contribution in [0.4, 0.5) is 0 Å². The molecule has 1 atom stereocenters. The van der Waals surface area contributed by atoms with E-state index in [1.54, 1.807) is 23.5 Å². The summed E-state index contributed by atoms with van der Waals surface area (Å²) in [5.74, 6) is 0.430. The summed E-state index contributed by atoms with van der Waals surface area (Å²) in [6.07, 6.45) is 0. The molecular formula is C12H10BrClO2S2. The van der Waals surface area contributed by atoms with Crippen LogP contribution in [0.3, 0.4) is 0 Å². The van der Waals surface area contributed by atoms with Gasteiger partial charge in [0.25, 0.3) is 0 Å². The van der Waals surface area contributed by atoms with Gasteiger partial charge in [-0.25, -0.2) is 4.79 Å². The van der Waals surface area contributed by atoms with Gasteiger partial charge in [0, 0.05) is 20.6 Å². The highest BCUT2D eigenvalue weighted by molar-refractivity contribution is 9.11. The van der Waals surface area contributed by atoms with Gasteiger partial charge >= 0.3 is 5.97 Å². The molecule has 0 fully saturated rings. The van der Waals surface area contributed by atoms with Crippen LogP contribution in [0, 0.1) is 0 Å². The minimum atomic E-state index is -0.249. The molecule has 2 rings (SSSR count). The summed E-state index contributed by atoms with van der Waals surface area (Å²) in [6, 6.07) is 7.57. The Morgan fingerprint density at radius 2 is 2.17 bits per heavy atom. The van der Waals surface area contributed by atoms with Crippen LogP contribution in [0.1, 0.15) is 0 Å². The Morgan fingerprint density at radius 1 is 1.50 bits per heavy atom. The molecule has 0 amide bonds. The van der Waals surface area contributed by atoms with Crippen molar-refractivity contribution >= 4 is 57.0 Å². The second kappa shape index (κ2) is 6.37. The van der Waals surface area contributed by atoms with Gasteiger partial charge in [-0.3, -0.25) is 0 Å². The van der Waals surface area contributed by atoms with E-state index in [4.69, 9.17) is 16.3 Å². The first-order valence-electron chi connectivity index (χ1n) is 5.12. The van der Waals surface area contributed by atoms with E-state index in [0.29, 0.717) is 10.8 Å². The van der Waals surface area contributed by atoms with E-state index in [1.807, 2.05) is 24.3 Å². The Bertz CT molecular complexity index is 487. The number of methoxy groups -OCH3 is 1. The predicted octanol–water partition coefficient (Wildman–Crippen LogP) is 4.33. The molecule has 1 aromatic rings. The Labute approximate surface area is 128 Å². The molecule has 1 aliphatic rings. The molecular weight excluding hydrogens is 356 g/mol. The van der Waals surface area contributed by atoms with Gasteiger partial charge in [-0.1, -0.05) is 39.3 Å². The average Bonchev–Trinajstić information content (AvgIpc) is 2.73. The Hall–Kier alpha value is -0.100. The maximum absolute atomic E-state index is 11.7. The van der Waals surface area contributed by atoms with Gasteiger partial charge in [0.1, 0.15) is 0 Å². The van der Waals surface area contributed by atoms with Crippen molar-refractivity contribution in [3.63, 3.8) is 0 Å². The zero-order valence-corrected chi connectivity index (χ0v) is 13.5. The van der Waals surface area contributed by atoms with E-state index >= 15 is 0 Å². The van der Waals surface area contributed by atoms with Gasteiger partial charge in [-0.05, 0) is 24.3 Å². The van der Waals surface area contributed by atoms with E-state index < -0.39 is 0 Å². The lowest BCUT2D eigenvalue weighted by Crippen LogP contribution is -2.06. The standard InChI is InChI=1S/C12H10BrClO2S2/c1-16-12(15)9-6-17-11(13)10(9)18-8-4-2-7(14)3-5-8/h2-5,11H,6H2,1H3. The molecule has 2 nitrogen and oxygen atoms in total. The number of alkyl halides is 1. The minimum Gasteiger partial charge on any atom is -0.466 e. The summed E-state index contributed by atoms with van der Waals surface area (Å²) in [5, 5.41) is 0.706. The molecule has 1 aliphatic heterocycles. The fourth-order valence-electron chi connectivity index (χ4n) is 1.46. The number of benzene rings is 1. The van der Waals surface area contributed by atoms with Crippen LogP contribution >= 0.6 is 51.1 Å². The normalized spacial score (nSPS) is 19.2. The topological polar surface area (TPSA) is 26.3 Å². The number of carbonyl (C=O) groups excluding carboxylic acids is 1. The van der Waals surface area contributed by atoms with E-state index in [0.717, 1.165) is 15.4 Å². The Morgan fingerprint density at radius 3 is 2.78 bits per heavy atom. The monoisotopic (exact) mass is 364 g/mol. The van der Waals surface area contributed by atoms with E-state index in [1.165, 1.54) is 7.11 Å². The number of ether oxygens (including phenoxy) is 1. The summed E-state index contributed by atoms with van der Waals surface area (Å²) in [5.41, 5.74) is 0.740. The highest BCUT2D eigenvalue weighted by atomic mass is 79.9. The van der Waals surface area contributed by atoms with Crippen molar-refractivity contribution in [1.29, 1.82) is 0 Å². The minimum absolute atomic E-state index is 0.146. The molecule has 1 aromatic carbocycles. The molecule has 0 radical (unpaired) electrons. The van der Waals surface area contributed by atoms with Crippen LogP contribution in [0.5, 0.6) is 0 Å². The fraction of sp³-hybridized carbons (Fsp3) is 0.250. The van der Waals surface area contributed by atoms with Crippen molar-refractivity contribution in [3.8, 4) is 0 Å². The maximum Gasteiger partial charge on any atom is 0.335 e. The molecule has 1 heterocycles. The van der Waals surface area contributed by atoms with Crippen LogP contribution in [0.25, 0.3) is 0 Å². The Kier molecular flexibility index (Phi) is 5.06. The quantitative estimate of drug-likeness (QED) is 0.588. The lowest BCUT2D eigenvalue weighted by atomic mass is 10.3. The molecule has 0 aromatic heterocycles. The van der Waals surface area contributed by atoms with E-state index in [9.17, 15) is 4.79 Å². The predicted molar refractivity (Wildman–Crippen MR) is 81.5 cm³/mol. The maximum atomic E-state index is 11.7. The van der Waals surface area contributed by atoms with Crippen LogP contribution in [-0.2, 0) is 9.53 Å². The molecule has 0 saturated heterocycles. The van der Waals surface area contributed by atoms with Gasteiger partial charge in [0.2, 0.25) is 0 Å². The first-order chi connectivity index (χ1) is 8.61. The van der Waals surface area contributed by atoms with Gasteiger partial charge in [-0.15, -0.1) is 11.8 Å². The molecule has 6 heteroatoms. The highest BCUT2D eigenvalue weighted by Gasteiger charge is 2.29. The zero-order valence-electron chi connectivity index (χ0n) is 9.48. The van der Waals surface area contributed by atoms with Crippen LogP contribution < -0.4 is 0 Å². The molecule has 0 bridgehead atoms. The first-order valence-corrected chi connectivity index (χ1v) is 8.28. The number of carbonyl (C=O) groups is 1. The zero-order chi connectivity index (χ0) is 13.1. The average molecular weight is 366 g/mol. The molecule has 0 N–H and O–H groups in total. The van der Waals surface area contributed by atoms with Crippen LogP contribution in [-0.4, -0.2) is 23.0 Å². The summed E-state index contributed by atoms with van der Waals surface area (Å²) in [6.45, 7) is 0. The van der Waals surface area contributed by atoms with Crippen molar-refractivity contribution < 1.29 is 9.53 Å². The number of halogens is 2. The van der Waals surface area contributed by atoms with E-state index in [2.05, 4.69) is 15.9 Å². The van der Waals surface area contributed by atoms with Crippen molar-refractivity contribution in [3.05, 3.63) is 39.8 Å². The summed E-state index contributed by atoms with van der Waals surface area (Å²) >= 11 is 12.7. The van der Waals surface area contributed by atoms with Crippen LogP contribution in [0.2, 0.25) is 5.02 Å². The van der Waals surface area contributed by atoms with Gasteiger partial charge < -0.3 is 4.74 Å². The third-order valence-electron chi connectivity index (χ3n) is 2.35. The van der Waals surface area contributed by atoms with Crippen molar-refractivity contribution in [2.24, 2.45) is 0 Å². The lowest BCUT2D eigenvalue weighted by molar-refractivity contribution is -0.135. The lowest BCUT2D eigenvalue weighted by Gasteiger charge is -2.08. The third kappa shape index (κ3) is 3.26. The molecule has 0 saturated carbocycles. The summed E-state index contributed by atoms with van der Waals surface area (Å²) < 4.78 is 4.95. The molecule has 18 heavy (non-hydrogen) atoms. The SMILES string of the molecule is COC(=O)C1=C(Sc2ccc(Cl)cc2)C(Br)SC1. The highest BCUT2D eigenvalue weighted by Crippen LogP contribution is 2.45. The van der Waals surface area contributed by atoms with Gasteiger partial charge in [-0.2, -0.15) is 0 Å². The summed E-state index contributed by atoms with van der Waals surface area (Å²) in [7, 11) is 1.41. The molecule has 0 aliphatic carbocycles. The Balaban J connectivity index is 2.24. The molecule has 1 unspecified atom stereocenters. The van der Waals surface area contributed by atoms with Gasteiger partial charge in [0.15, 0.2) is 0 Å². The molecule has 96 valence electrons. The second-order valence-electron chi connectivity index (χ2n) is 3.52. The van der Waals surface area contributed by atoms with E-state index in [-0.39, 0.29) is 10.1 Å². The number of thioether (sulfide) groups is 2. The largest absolute Gasteiger partial charge is 0.466 e. The fourth-order valence-corrected chi connectivity index (χ4v) is 4.76. The summed E-state index contributed by atoms with van der Waals surface area (Å²) in [4.78, 5) is 13.7. The van der Waals surface area contributed by atoms with Crippen molar-refractivity contribution in [2.75, 3.05) is 12.9 Å². The first kappa shape index (κ1) is 14.3.